The first-order chi connectivity index (χ1) is 11.3. The molecule has 1 saturated heterocycles. The molecule has 0 unspecified atom stereocenters. The Bertz CT molecular complexity index is 618. The van der Waals surface area contributed by atoms with Crippen molar-refractivity contribution < 1.29 is 9.53 Å². The van der Waals surface area contributed by atoms with Gasteiger partial charge in [0, 0.05) is 38.1 Å². The van der Waals surface area contributed by atoms with Gasteiger partial charge in [-0.2, -0.15) is 5.10 Å². The number of aromatic nitrogens is 2. The maximum absolute atomic E-state index is 12.2. The molecule has 1 aromatic carbocycles. The molecule has 23 heavy (non-hydrogen) atoms. The van der Waals surface area contributed by atoms with Crippen LogP contribution < -0.4 is 15.0 Å². The van der Waals surface area contributed by atoms with Crippen molar-refractivity contribution in [3.05, 3.63) is 42.2 Å². The van der Waals surface area contributed by atoms with E-state index in [1.54, 1.807) is 13.3 Å². The molecule has 2 N–H and O–H groups in total. The van der Waals surface area contributed by atoms with E-state index in [1.165, 1.54) is 0 Å². The van der Waals surface area contributed by atoms with Gasteiger partial charge in [0.25, 0.3) is 0 Å². The number of ether oxygens (including phenoxy) is 1. The summed E-state index contributed by atoms with van der Waals surface area (Å²) in [7, 11) is 1.66. The molecule has 3 rings (SSSR count). The molecule has 0 spiro atoms. The average Bonchev–Trinajstić information content (AvgIpc) is 3.13. The number of anilines is 1. The lowest BCUT2D eigenvalue weighted by molar-refractivity contribution is 0.194. The van der Waals surface area contributed by atoms with Gasteiger partial charge >= 0.3 is 6.03 Å². The third-order valence-corrected chi connectivity index (χ3v) is 3.99. The molecular weight excluding hydrogens is 294 g/mol. The summed E-state index contributed by atoms with van der Waals surface area (Å²) < 4.78 is 5.18. The molecular formula is C16H21N5O2. The highest BCUT2D eigenvalue weighted by molar-refractivity contribution is 5.74. The lowest BCUT2D eigenvalue weighted by atomic mass is 10.2. The summed E-state index contributed by atoms with van der Waals surface area (Å²) in [6.07, 6.45) is 1.68. The highest BCUT2D eigenvalue weighted by atomic mass is 16.5. The highest BCUT2D eigenvalue weighted by Gasteiger charge is 2.21. The van der Waals surface area contributed by atoms with Gasteiger partial charge in [0.05, 0.1) is 19.3 Å². The molecule has 7 nitrogen and oxygen atoms in total. The number of hydrogen-bond donors (Lipinski definition) is 2. The van der Waals surface area contributed by atoms with Crippen LogP contribution in [0.25, 0.3) is 0 Å². The minimum Gasteiger partial charge on any atom is -0.497 e. The molecule has 122 valence electrons. The third kappa shape index (κ3) is 3.74. The van der Waals surface area contributed by atoms with Gasteiger partial charge in [0.1, 0.15) is 5.75 Å². The molecule has 2 aromatic rings. The zero-order valence-corrected chi connectivity index (χ0v) is 13.2. The van der Waals surface area contributed by atoms with Crippen molar-refractivity contribution in [2.75, 3.05) is 38.2 Å². The normalized spacial score (nSPS) is 14.7. The molecule has 7 heteroatoms. The molecule has 1 aromatic heterocycles. The van der Waals surface area contributed by atoms with Crippen molar-refractivity contribution in [1.82, 2.24) is 20.4 Å². The van der Waals surface area contributed by atoms with Crippen LogP contribution in [0.3, 0.4) is 0 Å². The summed E-state index contributed by atoms with van der Waals surface area (Å²) in [5.74, 6) is 0.852. The van der Waals surface area contributed by atoms with Gasteiger partial charge in [-0.1, -0.05) is 0 Å². The fourth-order valence-corrected chi connectivity index (χ4v) is 2.63. The number of carbonyl (C=O) groups excluding carboxylic acids is 1. The second-order valence-electron chi connectivity index (χ2n) is 5.41. The second-order valence-corrected chi connectivity index (χ2v) is 5.41. The van der Waals surface area contributed by atoms with Gasteiger partial charge in [-0.05, 0) is 30.3 Å². The number of aromatic amines is 1. The van der Waals surface area contributed by atoms with Crippen molar-refractivity contribution in [3.63, 3.8) is 0 Å². The Balaban J connectivity index is 1.48. The fourth-order valence-electron chi connectivity index (χ4n) is 2.63. The highest BCUT2D eigenvalue weighted by Crippen LogP contribution is 2.20. The van der Waals surface area contributed by atoms with Crippen LogP contribution in [-0.2, 0) is 6.54 Å². The number of hydrogen-bond acceptors (Lipinski definition) is 4. The minimum atomic E-state index is -0.0334. The summed E-state index contributed by atoms with van der Waals surface area (Å²) in [5.41, 5.74) is 2.05. The number of H-pyrrole nitrogens is 1. The van der Waals surface area contributed by atoms with Crippen LogP contribution in [0.4, 0.5) is 10.5 Å². The molecule has 1 aliphatic rings. The molecule has 0 saturated carbocycles. The van der Waals surface area contributed by atoms with E-state index < -0.39 is 0 Å². The molecule has 0 bridgehead atoms. The van der Waals surface area contributed by atoms with Gasteiger partial charge in [-0.15, -0.1) is 0 Å². The van der Waals surface area contributed by atoms with E-state index in [-0.39, 0.29) is 6.03 Å². The van der Waals surface area contributed by atoms with Crippen LogP contribution >= 0.6 is 0 Å². The zero-order valence-electron chi connectivity index (χ0n) is 13.2. The molecule has 1 aliphatic heterocycles. The first-order valence-corrected chi connectivity index (χ1v) is 7.66. The van der Waals surface area contributed by atoms with Crippen LogP contribution in [0, 0.1) is 0 Å². The molecule has 2 amide bonds. The smallest absolute Gasteiger partial charge is 0.317 e. The van der Waals surface area contributed by atoms with Crippen LogP contribution in [0.5, 0.6) is 5.75 Å². The molecule has 1 fully saturated rings. The number of nitrogens with one attached hydrogen (secondary N) is 2. The summed E-state index contributed by atoms with van der Waals surface area (Å²) >= 11 is 0. The predicted octanol–water partition coefficient (Wildman–Crippen LogP) is 1.45. The Morgan fingerprint density at radius 1 is 1.22 bits per heavy atom. The molecule has 0 aliphatic carbocycles. The van der Waals surface area contributed by atoms with E-state index in [1.807, 2.05) is 35.2 Å². The van der Waals surface area contributed by atoms with Gasteiger partial charge in [-0.25, -0.2) is 4.79 Å². The number of nitrogens with zero attached hydrogens (tertiary/aromatic N) is 3. The standard InChI is InChI=1S/C16H21N5O2/c1-23-15-4-2-14(3-5-15)20-8-10-21(11-9-20)16(22)17-12-13-6-7-18-19-13/h2-7H,8-12H2,1H3,(H,17,22)(H,18,19). The molecule has 0 radical (unpaired) electrons. The minimum absolute atomic E-state index is 0.0334. The Hall–Kier alpha value is -2.70. The number of rotatable bonds is 4. The van der Waals surface area contributed by atoms with Crippen LogP contribution in [0.1, 0.15) is 5.69 Å². The van der Waals surface area contributed by atoms with Crippen molar-refractivity contribution >= 4 is 11.7 Å². The maximum Gasteiger partial charge on any atom is 0.317 e. The van der Waals surface area contributed by atoms with Crippen molar-refractivity contribution in [2.24, 2.45) is 0 Å². The Labute approximate surface area is 135 Å². The molecule has 0 atom stereocenters. The quantitative estimate of drug-likeness (QED) is 0.895. The zero-order chi connectivity index (χ0) is 16.1. The Morgan fingerprint density at radius 3 is 2.57 bits per heavy atom. The average molecular weight is 315 g/mol. The summed E-state index contributed by atoms with van der Waals surface area (Å²) in [5, 5.41) is 9.60. The van der Waals surface area contributed by atoms with E-state index >= 15 is 0 Å². The van der Waals surface area contributed by atoms with Crippen LogP contribution in [-0.4, -0.2) is 54.4 Å². The fraction of sp³-hybridized carbons (Fsp3) is 0.375. The van der Waals surface area contributed by atoms with E-state index in [4.69, 9.17) is 4.74 Å². The van der Waals surface area contributed by atoms with E-state index in [0.29, 0.717) is 19.6 Å². The van der Waals surface area contributed by atoms with Crippen LogP contribution in [0.15, 0.2) is 36.5 Å². The van der Waals surface area contributed by atoms with Gasteiger partial charge < -0.3 is 19.9 Å². The van der Waals surface area contributed by atoms with Crippen molar-refractivity contribution in [3.8, 4) is 5.75 Å². The van der Waals surface area contributed by atoms with Crippen molar-refractivity contribution in [1.29, 1.82) is 0 Å². The largest absolute Gasteiger partial charge is 0.497 e. The van der Waals surface area contributed by atoms with Gasteiger partial charge in [-0.3, -0.25) is 5.10 Å². The first kappa shape index (κ1) is 15.2. The van der Waals surface area contributed by atoms with E-state index in [9.17, 15) is 4.79 Å². The number of benzene rings is 1. The van der Waals surface area contributed by atoms with Gasteiger partial charge in [0.15, 0.2) is 0 Å². The Kier molecular flexibility index (Phi) is 4.65. The topological polar surface area (TPSA) is 73.5 Å². The first-order valence-electron chi connectivity index (χ1n) is 7.66. The number of methoxy groups -OCH3 is 1. The van der Waals surface area contributed by atoms with E-state index in [0.717, 1.165) is 30.2 Å². The predicted molar refractivity (Wildman–Crippen MR) is 87.6 cm³/mol. The van der Waals surface area contributed by atoms with Gasteiger partial charge in [0.2, 0.25) is 0 Å². The lowest BCUT2D eigenvalue weighted by Crippen LogP contribution is -2.51. The number of piperazine rings is 1. The van der Waals surface area contributed by atoms with Crippen LogP contribution in [0.2, 0.25) is 0 Å². The molecule has 2 heterocycles. The number of carbonyl (C=O) groups is 1. The SMILES string of the molecule is COc1ccc(N2CCN(C(=O)NCc3ccn[nH]3)CC2)cc1. The third-order valence-electron chi connectivity index (χ3n) is 3.99. The Morgan fingerprint density at radius 2 is 1.96 bits per heavy atom. The second kappa shape index (κ2) is 7.04. The van der Waals surface area contributed by atoms with E-state index in [2.05, 4.69) is 20.4 Å². The lowest BCUT2D eigenvalue weighted by Gasteiger charge is -2.36. The van der Waals surface area contributed by atoms with Crippen molar-refractivity contribution in [2.45, 2.75) is 6.54 Å². The summed E-state index contributed by atoms with van der Waals surface area (Å²) in [6, 6.07) is 9.83. The maximum atomic E-state index is 12.2. The number of urea groups is 1. The number of amides is 2. The summed E-state index contributed by atoms with van der Waals surface area (Å²) in [6.45, 7) is 3.53. The monoisotopic (exact) mass is 315 g/mol. The summed E-state index contributed by atoms with van der Waals surface area (Å²) in [4.78, 5) is 16.3.